The van der Waals surface area contributed by atoms with Crippen molar-refractivity contribution in [2.24, 2.45) is 5.14 Å². The maximum absolute atomic E-state index is 12.5. The van der Waals surface area contributed by atoms with Crippen LogP contribution in [0.4, 0.5) is 0 Å². The molecule has 7 nitrogen and oxygen atoms in total. The van der Waals surface area contributed by atoms with Crippen molar-refractivity contribution in [1.82, 2.24) is 4.90 Å². The lowest BCUT2D eigenvalue weighted by Crippen LogP contribution is -2.41. The van der Waals surface area contributed by atoms with E-state index in [1.807, 2.05) is 0 Å². The van der Waals surface area contributed by atoms with Gasteiger partial charge in [0, 0.05) is 6.04 Å². The van der Waals surface area contributed by atoms with Crippen molar-refractivity contribution in [3.63, 3.8) is 0 Å². The van der Waals surface area contributed by atoms with Gasteiger partial charge in [0.25, 0.3) is 5.91 Å². The molecular formula is C13H18N2O5S. The Bertz CT molecular complexity index is 667. The molecule has 0 saturated heterocycles. The first-order valence-electron chi connectivity index (χ1n) is 6.20. The molecule has 0 atom stereocenters. The molecule has 3 N–H and O–H groups in total. The third kappa shape index (κ3) is 4.27. The number of sulfonamides is 1. The molecule has 1 amide bonds. The third-order valence-corrected chi connectivity index (χ3v) is 3.83. The van der Waals surface area contributed by atoms with Gasteiger partial charge >= 0.3 is 5.97 Å². The molecule has 0 bridgehead atoms. The highest BCUT2D eigenvalue weighted by atomic mass is 32.2. The van der Waals surface area contributed by atoms with Crippen LogP contribution in [0.5, 0.6) is 0 Å². The Kier molecular flexibility index (Phi) is 5.08. The number of hydrogen-bond acceptors (Lipinski definition) is 4. The lowest BCUT2D eigenvalue weighted by molar-refractivity contribution is -0.138. The van der Waals surface area contributed by atoms with E-state index in [4.69, 9.17) is 10.2 Å². The smallest absolute Gasteiger partial charge is 0.323 e. The molecule has 8 heteroatoms. The first-order valence-corrected chi connectivity index (χ1v) is 7.75. The fourth-order valence-corrected chi connectivity index (χ4v) is 2.56. The predicted molar refractivity (Wildman–Crippen MR) is 76.4 cm³/mol. The highest BCUT2D eigenvalue weighted by molar-refractivity contribution is 7.89. The Morgan fingerprint density at radius 3 is 2.33 bits per heavy atom. The van der Waals surface area contributed by atoms with Gasteiger partial charge in [-0.05, 0) is 32.9 Å². The van der Waals surface area contributed by atoms with Crippen molar-refractivity contribution in [2.75, 3.05) is 6.54 Å². The van der Waals surface area contributed by atoms with E-state index in [0.717, 1.165) is 4.90 Å². The first kappa shape index (κ1) is 17.1. The molecular weight excluding hydrogens is 296 g/mol. The molecule has 0 fully saturated rings. The molecule has 0 spiro atoms. The number of aryl methyl sites for hydroxylation is 1. The molecule has 0 unspecified atom stereocenters. The van der Waals surface area contributed by atoms with E-state index in [1.54, 1.807) is 20.8 Å². The van der Waals surface area contributed by atoms with Crippen molar-refractivity contribution in [1.29, 1.82) is 0 Å². The van der Waals surface area contributed by atoms with E-state index in [-0.39, 0.29) is 10.5 Å². The van der Waals surface area contributed by atoms with E-state index in [2.05, 4.69) is 0 Å². The first-order chi connectivity index (χ1) is 9.54. The number of amides is 1. The number of carbonyl (C=O) groups is 2. The van der Waals surface area contributed by atoms with E-state index in [0.29, 0.717) is 5.56 Å². The molecule has 0 heterocycles. The number of nitrogens with zero attached hydrogens (tertiary/aromatic N) is 1. The van der Waals surface area contributed by atoms with Crippen LogP contribution < -0.4 is 5.14 Å². The summed E-state index contributed by atoms with van der Waals surface area (Å²) in [7, 11) is -4.08. The summed E-state index contributed by atoms with van der Waals surface area (Å²) in [5, 5.41) is 14.0. The molecule has 0 saturated carbocycles. The summed E-state index contributed by atoms with van der Waals surface area (Å²) >= 11 is 0. The van der Waals surface area contributed by atoms with Gasteiger partial charge in [0.15, 0.2) is 0 Å². The van der Waals surface area contributed by atoms with Crippen LogP contribution in [-0.2, 0) is 14.8 Å². The van der Waals surface area contributed by atoms with Crippen molar-refractivity contribution < 1.29 is 23.1 Å². The molecule has 0 radical (unpaired) electrons. The van der Waals surface area contributed by atoms with Crippen molar-refractivity contribution >= 4 is 21.9 Å². The number of benzene rings is 1. The van der Waals surface area contributed by atoms with Gasteiger partial charge in [0.2, 0.25) is 10.0 Å². The number of carboxylic acids is 1. The summed E-state index contributed by atoms with van der Waals surface area (Å²) in [5.74, 6) is -1.86. The van der Waals surface area contributed by atoms with Crippen LogP contribution in [0.3, 0.4) is 0 Å². The van der Waals surface area contributed by atoms with Gasteiger partial charge < -0.3 is 10.0 Å². The number of hydrogen-bond donors (Lipinski definition) is 2. The highest BCUT2D eigenvalue weighted by Crippen LogP contribution is 2.19. The second-order valence-corrected chi connectivity index (χ2v) is 6.50. The third-order valence-electron chi connectivity index (χ3n) is 2.86. The Labute approximate surface area is 123 Å². The summed E-state index contributed by atoms with van der Waals surface area (Å²) in [6.45, 7) is 4.47. The number of carbonyl (C=O) groups excluding carboxylic acids is 1. The van der Waals surface area contributed by atoms with E-state index in [9.17, 15) is 18.0 Å². The molecule has 0 aliphatic carbocycles. The fraction of sp³-hybridized carbons (Fsp3) is 0.385. The van der Waals surface area contributed by atoms with Gasteiger partial charge in [0.05, 0.1) is 10.5 Å². The Morgan fingerprint density at radius 2 is 1.90 bits per heavy atom. The van der Waals surface area contributed by atoms with E-state index in [1.165, 1.54) is 18.2 Å². The van der Waals surface area contributed by atoms with Gasteiger partial charge in [0.1, 0.15) is 6.54 Å². The van der Waals surface area contributed by atoms with Crippen LogP contribution in [0.1, 0.15) is 29.8 Å². The zero-order valence-corrected chi connectivity index (χ0v) is 12.8. The van der Waals surface area contributed by atoms with Gasteiger partial charge in [-0.1, -0.05) is 11.6 Å². The molecule has 0 aliphatic heterocycles. The number of carboxylic acid groups (broad SMARTS) is 1. The molecule has 116 valence electrons. The zero-order valence-electron chi connectivity index (χ0n) is 12.0. The van der Waals surface area contributed by atoms with Gasteiger partial charge in [-0.15, -0.1) is 0 Å². The summed E-state index contributed by atoms with van der Waals surface area (Å²) in [6, 6.07) is 3.76. The van der Waals surface area contributed by atoms with E-state index >= 15 is 0 Å². The van der Waals surface area contributed by atoms with Crippen LogP contribution in [0.2, 0.25) is 0 Å². The molecule has 1 aromatic carbocycles. The lowest BCUT2D eigenvalue weighted by atomic mass is 10.1. The topological polar surface area (TPSA) is 118 Å². The average Bonchev–Trinajstić information content (AvgIpc) is 2.33. The maximum Gasteiger partial charge on any atom is 0.323 e. The second-order valence-electron chi connectivity index (χ2n) is 4.97. The fourth-order valence-electron chi connectivity index (χ4n) is 1.85. The standard InChI is InChI=1S/C13H18N2O5S/c1-8(2)15(7-12(16)17)13(18)10-6-9(3)4-5-11(10)21(14,19)20/h4-6,8H,7H2,1-3H3,(H,16,17)(H2,14,19,20). The minimum absolute atomic E-state index is 0.118. The monoisotopic (exact) mass is 314 g/mol. The normalized spacial score (nSPS) is 11.5. The van der Waals surface area contributed by atoms with Crippen LogP contribution >= 0.6 is 0 Å². The average molecular weight is 314 g/mol. The van der Waals surface area contributed by atoms with Crippen molar-refractivity contribution in [3.8, 4) is 0 Å². The number of aliphatic carboxylic acids is 1. The molecule has 1 aromatic rings. The summed E-state index contributed by atoms with van der Waals surface area (Å²) in [5.41, 5.74) is 0.553. The minimum atomic E-state index is -4.08. The minimum Gasteiger partial charge on any atom is -0.480 e. The SMILES string of the molecule is Cc1ccc(S(N)(=O)=O)c(C(=O)N(CC(=O)O)C(C)C)c1. The quantitative estimate of drug-likeness (QED) is 0.824. The summed E-state index contributed by atoms with van der Waals surface area (Å²) < 4.78 is 23.1. The predicted octanol–water partition coefficient (Wildman–Crippen LogP) is 0.578. The number of rotatable bonds is 5. The largest absolute Gasteiger partial charge is 0.480 e. The molecule has 1 rings (SSSR count). The van der Waals surface area contributed by atoms with Crippen LogP contribution in [-0.4, -0.2) is 42.9 Å². The zero-order chi connectivity index (χ0) is 16.4. The van der Waals surface area contributed by atoms with Gasteiger partial charge in [-0.3, -0.25) is 9.59 Å². The number of primary sulfonamides is 1. The van der Waals surface area contributed by atoms with Crippen LogP contribution in [0.25, 0.3) is 0 Å². The molecule has 0 aromatic heterocycles. The van der Waals surface area contributed by atoms with Crippen LogP contribution in [0, 0.1) is 6.92 Å². The maximum atomic E-state index is 12.5. The van der Waals surface area contributed by atoms with Gasteiger partial charge in [-0.25, -0.2) is 13.6 Å². The lowest BCUT2D eigenvalue weighted by Gasteiger charge is -2.25. The molecule has 21 heavy (non-hydrogen) atoms. The Hall–Kier alpha value is -1.93. The van der Waals surface area contributed by atoms with Crippen molar-refractivity contribution in [3.05, 3.63) is 29.3 Å². The van der Waals surface area contributed by atoms with Crippen LogP contribution in [0.15, 0.2) is 23.1 Å². The number of nitrogens with two attached hydrogens (primary N) is 1. The Balaban J connectivity index is 3.40. The van der Waals surface area contributed by atoms with Gasteiger partial charge in [-0.2, -0.15) is 0 Å². The highest BCUT2D eigenvalue weighted by Gasteiger charge is 2.26. The summed E-state index contributed by atoms with van der Waals surface area (Å²) in [6.07, 6.45) is 0. The van der Waals surface area contributed by atoms with Crippen molar-refractivity contribution in [2.45, 2.75) is 31.7 Å². The Morgan fingerprint density at radius 1 is 1.33 bits per heavy atom. The second kappa shape index (κ2) is 6.23. The molecule has 0 aliphatic rings. The summed E-state index contributed by atoms with van der Waals surface area (Å²) in [4.78, 5) is 24.1. The van der Waals surface area contributed by atoms with E-state index < -0.39 is 34.5 Å².